The highest BCUT2D eigenvalue weighted by Crippen LogP contribution is 2.22. The SMILES string of the molecule is Cc1ccc(S(=O)(=O)NCCc2cn(CC(=O)O)c3ccccc23)cc1. The molecule has 0 bridgehead atoms. The van der Waals surface area contributed by atoms with Crippen LogP contribution >= 0.6 is 0 Å². The first-order valence-corrected chi connectivity index (χ1v) is 9.70. The number of hydrogen-bond donors (Lipinski definition) is 2. The summed E-state index contributed by atoms with van der Waals surface area (Å²) in [6.45, 7) is 2.00. The average Bonchev–Trinajstić information content (AvgIpc) is 2.93. The number of aliphatic carboxylic acids is 1. The van der Waals surface area contributed by atoms with E-state index < -0.39 is 16.0 Å². The first kappa shape index (κ1) is 18.2. The molecular weight excluding hydrogens is 352 g/mol. The number of nitrogens with zero attached hydrogens (tertiary/aromatic N) is 1. The van der Waals surface area contributed by atoms with E-state index >= 15 is 0 Å². The average molecular weight is 372 g/mol. The summed E-state index contributed by atoms with van der Waals surface area (Å²) in [5.74, 6) is -0.919. The molecule has 6 nitrogen and oxygen atoms in total. The van der Waals surface area contributed by atoms with Gasteiger partial charge in [-0.05, 0) is 37.1 Å². The molecular formula is C19H20N2O4S. The minimum atomic E-state index is -3.56. The van der Waals surface area contributed by atoms with Crippen molar-refractivity contribution < 1.29 is 18.3 Å². The van der Waals surface area contributed by atoms with Gasteiger partial charge in [-0.25, -0.2) is 13.1 Å². The number of hydrogen-bond acceptors (Lipinski definition) is 3. The van der Waals surface area contributed by atoms with Crippen LogP contribution in [0, 0.1) is 6.92 Å². The van der Waals surface area contributed by atoms with E-state index in [0.29, 0.717) is 6.42 Å². The molecule has 2 aromatic carbocycles. The molecule has 0 aliphatic heterocycles. The predicted molar refractivity (Wildman–Crippen MR) is 99.6 cm³/mol. The molecule has 1 heterocycles. The van der Waals surface area contributed by atoms with Crippen LogP contribution in [0.2, 0.25) is 0 Å². The van der Waals surface area contributed by atoms with Crippen LogP contribution in [0.3, 0.4) is 0 Å². The summed E-state index contributed by atoms with van der Waals surface area (Å²) in [6, 6.07) is 14.2. The van der Waals surface area contributed by atoms with Gasteiger partial charge in [-0.15, -0.1) is 0 Å². The van der Waals surface area contributed by atoms with Crippen molar-refractivity contribution in [3.63, 3.8) is 0 Å². The van der Waals surface area contributed by atoms with Gasteiger partial charge in [0, 0.05) is 23.6 Å². The Morgan fingerprint density at radius 3 is 2.50 bits per heavy atom. The number of aromatic nitrogens is 1. The number of sulfonamides is 1. The number of rotatable bonds is 7. The number of para-hydroxylation sites is 1. The van der Waals surface area contributed by atoms with Gasteiger partial charge >= 0.3 is 5.97 Å². The Morgan fingerprint density at radius 2 is 1.81 bits per heavy atom. The number of carboxylic acid groups (broad SMARTS) is 1. The molecule has 0 unspecified atom stereocenters. The molecule has 0 fully saturated rings. The van der Waals surface area contributed by atoms with Crippen LogP contribution in [0.25, 0.3) is 10.9 Å². The predicted octanol–water partition coefficient (Wildman–Crippen LogP) is 2.56. The van der Waals surface area contributed by atoms with E-state index in [1.54, 1.807) is 35.0 Å². The van der Waals surface area contributed by atoms with Crippen molar-refractivity contribution in [2.24, 2.45) is 0 Å². The van der Waals surface area contributed by atoms with Crippen molar-refractivity contribution >= 4 is 26.9 Å². The number of nitrogens with one attached hydrogen (secondary N) is 1. The zero-order chi connectivity index (χ0) is 18.7. The quantitative estimate of drug-likeness (QED) is 0.667. The van der Waals surface area contributed by atoms with Crippen LogP contribution in [-0.2, 0) is 27.8 Å². The maximum atomic E-state index is 12.4. The number of benzene rings is 2. The second-order valence-electron chi connectivity index (χ2n) is 6.15. The first-order valence-electron chi connectivity index (χ1n) is 8.22. The zero-order valence-electron chi connectivity index (χ0n) is 14.3. The number of carboxylic acids is 1. The van der Waals surface area contributed by atoms with Gasteiger partial charge in [-0.3, -0.25) is 4.79 Å². The second kappa shape index (κ2) is 7.31. The summed E-state index contributed by atoms with van der Waals surface area (Å²) in [5, 5.41) is 9.99. The lowest BCUT2D eigenvalue weighted by Gasteiger charge is -2.07. The van der Waals surface area contributed by atoms with E-state index in [2.05, 4.69) is 4.72 Å². The number of aryl methyl sites for hydroxylation is 1. The highest BCUT2D eigenvalue weighted by molar-refractivity contribution is 7.89. The molecule has 0 aliphatic rings. The van der Waals surface area contributed by atoms with E-state index in [0.717, 1.165) is 22.0 Å². The Labute approximate surface area is 152 Å². The van der Waals surface area contributed by atoms with Crippen molar-refractivity contribution in [3.8, 4) is 0 Å². The first-order chi connectivity index (χ1) is 12.4. The third-order valence-corrected chi connectivity index (χ3v) is 5.67. The van der Waals surface area contributed by atoms with Gasteiger partial charge in [0.1, 0.15) is 6.54 Å². The molecule has 26 heavy (non-hydrogen) atoms. The lowest BCUT2D eigenvalue weighted by atomic mass is 10.1. The van der Waals surface area contributed by atoms with Gasteiger partial charge < -0.3 is 9.67 Å². The Balaban J connectivity index is 1.75. The molecule has 0 aliphatic carbocycles. The normalized spacial score (nSPS) is 11.7. The van der Waals surface area contributed by atoms with Crippen LogP contribution in [0.15, 0.2) is 59.6 Å². The summed E-state index contributed by atoms with van der Waals surface area (Å²) < 4.78 is 29.0. The van der Waals surface area contributed by atoms with Crippen molar-refractivity contribution in [2.75, 3.05) is 6.54 Å². The molecule has 0 atom stereocenters. The zero-order valence-corrected chi connectivity index (χ0v) is 15.2. The number of fused-ring (bicyclic) bond motifs is 1. The van der Waals surface area contributed by atoms with Gasteiger partial charge in [-0.2, -0.15) is 0 Å². The lowest BCUT2D eigenvalue weighted by Crippen LogP contribution is -2.25. The lowest BCUT2D eigenvalue weighted by molar-refractivity contribution is -0.137. The maximum Gasteiger partial charge on any atom is 0.323 e. The molecule has 0 amide bonds. The van der Waals surface area contributed by atoms with Crippen LogP contribution in [-0.4, -0.2) is 30.6 Å². The van der Waals surface area contributed by atoms with E-state index in [1.165, 1.54) is 0 Å². The van der Waals surface area contributed by atoms with Gasteiger partial charge in [0.2, 0.25) is 10.0 Å². The highest BCUT2D eigenvalue weighted by Gasteiger charge is 2.14. The summed E-state index contributed by atoms with van der Waals surface area (Å²) in [6.07, 6.45) is 2.25. The molecule has 3 aromatic rings. The largest absolute Gasteiger partial charge is 0.480 e. The summed E-state index contributed by atoms with van der Waals surface area (Å²) in [5.41, 5.74) is 2.73. The van der Waals surface area contributed by atoms with E-state index in [9.17, 15) is 13.2 Å². The molecule has 0 saturated carbocycles. The fourth-order valence-corrected chi connectivity index (χ4v) is 3.95. The van der Waals surface area contributed by atoms with Crippen molar-refractivity contribution in [2.45, 2.75) is 24.8 Å². The van der Waals surface area contributed by atoms with Crippen LogP contribution in [0.4, 0.5) is 0 Å². The maximum absolute atomic E-state index is 12.4. The number of carbonyl (C=O) groups is 1. The summed E-state index contributed by atoms with van der Waals surface area (Å²) in [4.78, 5) is 11.3. The molecule has 2 N–H and O–H groups in total. The van der Waals surface area contributed by atoms with Crippen LogP contribution in [0.5, 0.6) is 0 Å². The van der Waals surface area contributed by atoms with E-state index in [-0.39, 0.29) is 18.0 Å². The summed E-state index contributed by atoms with van der Waals surface area (Å²) in [7, 11) is -3.56. The smallest absolute Gasteiger partial charge is 0.323 e. The summed E-state index contributed by atoms with van der Waals surface area (Å²) >= 11 is 0. The Kier molecular flexibility index (Phi) is 5.11. The molecule has 0 radical (unpaired) electrons. The minimum absolute atomic E-state index is 0.129. The van der Waals surface area contributed by atoms with Gasteiger partial charge in [-0.1, -0.05) is 35.9 Å². The van der Waals surface area contributed by atoms with Crippen molar-refractivity contribution in [3.05, 3.63) is 65.9 Å². The molecule has 0 saturated heterocycles. The van der Waals surface area contributed by atoms with E-state index in [1.807, 2.05) is 31.2 Å². The molecule has 1 aromatic heterocycles. The highest BCUT2D eigenvalue weighted by atomic mass is 32.2. The minimum Gasteiger partial charge on any atom is -0.480 e. The Hall–Kier alpha value is -2.64. The molecule has 3 rings (SSSR count). The van der Waals surface area contributed by atoms with Gasteiger partial charge in [0.15, 0.2) is 0 Å². The van der Waals surface area contributed by atoms with Crippen LogP contribution in [0.1, 0.15) is 11.1 Å². The molecule has 136 valence electrons. The molecule has 0 spiro atoms. The Morgan fingerprint density at radius 1 is 1.12 bits per heavy atom. The van der Waals surface area contributed by atoms with Crippen molar-refractivity contribution in [1.82, 2.24) is 9.29 Å². The third kappa shape index (κ3) is 3.95. The van der Waals surface area contributed by atoms with Gasteiger partial charge in [0.05, 0.1) is 4.90 Å². The fraction of sp³-hybridized carbons (Fsp3) is 0.211. The fourth-order valence-electron chi connectivity index (χ4n) is 2.92. The topological polar surface area (TPSA) is 88.4 Å². The third-order valence-electron chi connectivity index (χ3n) is 4.19. The van der Waals surface area contributed by atoms with Crippen LogP contribution < -0.4 is 4.72 Å². The van der Waals surface area contributed by atoms with Crippen molar-refractivity contribution in [1.29, 1.82) is 0 Å². The standard InChI is InChI=1S/C19H20N2O4S/c1-14-6-8-16(9-7-14)26(24,25)20-11-10-15-12-21(13-19(22)23)18-5-3-2-4-17(15)18/h2-9,12,20H,10-11,13H2,1H3,(H,22,23). The second-order valence-corrected chi connectivity index (χ2v) is 7.92. The molecule has 7 heteroatoms. The van der Waals surface area contributed by atoms with Gasteiger partial charge in [0.25, 0.3) is 0 Å². The van der Waals surface area contributed by atoms with E-state index in [4.69, 9.17) is 5.11 Å². The Bertz CT molecular complexity index is 1040. The monoisotopic (exact) mass is 372 g/mol.